The Balaban J connectivity index is 1.57. The van der Waals surface area contributed by atoms with Crippen LogP contribution in [0.5, 0.6) is 0 Å². The van der Waals surface area contributed by atoms with Gasteiger partial charge in [0.25, 0.3) is 0 Å². The molecule has 2 heterocycles. The van der Waals surface area contributed by atoms with Crippen LogP contribution in [0.3, 0.4) is 0 Å². The minimum atomic E-state index is 0.0186. The first-order valence-corrected chi connectivity index (χ1v) is 10.6. The first-order valence-electron chi connectivity index (χ1n) is 8.30. The number of nitrogens with zero attached hydrogens (tertiary/aromatic N) is 2. The summed E-state index contributed by atoms with van der Waals surface area (Å²) in [5.74, 6) is 1.28. The van der Waals surface area contributed by atoms with Crippen LogP contribution in [0.1, 0.15) is 19.3 Å². The SMILES string of the molecule is CSCCCN1CCC[C@@H]1C(=O)Nc1ccc(-c2cscn2)cc1. The van der Waals surface area contributed by atoms with Crippen molar-refractivity contribution in [1.29, 1.82) is 0 Å². The summed E-state index contributed by atoms with van der Waals surface area (Å²) in [4.78, 5) is 19.2. The summed E-state index contributed by atoms with van der Waals surface area (Å²) in [6, 6.07) is 7.95. The number of likely N-dealkylation sites (tertiary alicyclic amines) is 1. The van der Waals surface area contributed by atoms with E-state index in [1.165, 1.54) is 0 Å². The van der Waals surface area contributed by atoms with Crippen LogP contribution in [0.4, 0.5) is 5.69 Å². The molecule has 3 rings (SSSR count). The van der Waals surface area contributed by atoms with Crippen LogP contribution in [0.25, 0.3) is 11.3 Å². The van der Waals surface area contributed by atoms with Gasteiger partial charge in [-0.2, -0.15) is 11.8 Å². The number of carbonyl (C=O) groups is 1. The third-order valence-electron chi connectivity index (χ3n) is 4.34. The first kappa shape index (κ1) is 17.5. The van der Waals surface area contributed by atoms with Crippen LogP contribution in [0.15, 0.2) is 35.2 Å². The normalized spacial score (nSPS) is 18.0. The van der Waals surface area contributed by atoms with E-state index in [1.807, 2.05) is 46.9 Å². The quantitative estimate of drug-likeness (QED) is 0.758. The Labute approximate surface area is 151 Å². The highest BCUT2D eigenvalue weighted by atomic mass is 32.2. The van der Waals surface area contributed by atoms with Crippen molar-refractivity contribution in [2.75, 3.05) is 30.4 Å². The molecule has 1 atom stereocenters. The van der Waals surface area contributed by atoms with Crippen molar-refractivity contribution in [3.8, 4) is 11.3 Å². The van der Waals surface area contributed by atoms with Crippen molar-refractivity contribution in [2.45, 2.75) is 25.3 Å². The van der Waals surface area contributed by atoms with E-state index in [4.69, 9.17) is 0 Å². The topological polar surface area (TPSA) is 45.2 Å². The smallest absolute Gasteiger partial charge is 0.241 e. The molecule has 6 heteroatoms. The van der Waals surface area contributed by atoms with E-state index >= 15 is 0 Å². The zero-order chi connectivity index (χ0) is 16.8. The largest absolute Gasteiger partial charge is 0.325 e. The van der Waals surface area contributed by atoms with E-state index in [0.29, 0.717) is 0 Å². The first-order chi connectivity index (χ1) is 11.8. The van der Waals surface area contributed by atoms with Gasteiger partial charge in [0.2, 0.25) is 5.91 Å². The predicted molar refractivity (Wildman–Crippen MR) is 104 cm³/mol. The number of hydrogen-bond donors (Lipinski definition) is 1. The van der Waals surface area contributed by atoms with E-state index in [9.17, 15) is 4.79 Å². The molecule has 0 saturated carbocycles. The van der Waals surface area contributed by atoms with Crippen LogP contribution in [0, 0.1) is 0 Å². The molecule has 1 amide bonds. The average molecular weight is 362 g/mol. The van der Waals surface area contributed by atoms with Gasteiger partial charge in [0.15, 0.2) is 0 Å². The number of anilines is 1. The standard InChI is InChI=1S/C18H23N3OS2/c1-23-11-3-10-21-9-2-4-17(21)18(22)20-15-7-5-14(6-8-15)16-12-24-13-19-16/h5-8,12-13,17H,2-4,9-11H2,1H3,(H,20,22)/t17-/m1/s1. The predicted octanol–water partition coefficient (Wildman–Crippen LogP) is 3.97. The van der Waals surface area contributed by atoms with Crippen LogP contribution < -0.4 is 5.32 Å². The Morgan fingerprint density at radius 2 is 2.25 bits per heavy atom. The highest BCUT2D eigenvalue weighted by molar-refractivity contribution is 7.98. The van der Waals surface area contributed by atoms with Gasteiger partial charge in [-0.3, -0.25) is 9.69 Å². The fraction of sp³-hybridized carbons (Fsp3) is 0.444. The number of thiazole rings is 1. The van der Waals surface area contributed by atoms with Gasteiger partial charge in [-0.1, -0.05) is 12.1 Å². The summed E-state index contributed by atoms with van der Waals surface area (Å²) >= 11 is 3.45. The van der Waals surface area contributed by atoms with Gasteiger partial charge >= 0.3 is 0 Å². The number of hydrogen-bond acceptors (Lipinski definition) is 5. The summed E-state index contributed by atoms with van der Waals surface area (Å²) in [5.41, 5.74) is 4.74. The molecular formula is C18H23N3OS2. The number of thioether (sulfide) groups is 1. The number of amides is 1. The zero-order valence-electron chi connectivity index (χ0n) is 13.9. The molecule has 1 aromatic carbocycles. The van der Waals surface area contributed by atoms with Crippen molar-refractivity contribution in [3.05, 3.63) is 35.2 Å². The van der Waals surface area contributed by atoms with Crippen molar-refractivity contribution < 1.29 is 4.79 Å². The molecule has 1 saturated heterocycles. The number of rotatable bonds is 7. The molecule has 0 bridgehead atoms. The van der Waals surface area contributed by atoms with Crippen molar-refractivity contribution in [3.63, 3.8) is 0 Å². The maximum atomic E-state index is 12.6. The molecule has 1 aliphatic heterocycles. The summed E-state index contributed by atoms with van der Waals surface area (Å²) in [7, 11) is 0. The van der Waals surface area contributed by atoms with Gasteiger partial charge in [-0.15, -0.1) is 11.3 Å². The lowest BCUT2D eigenvalue weighted by atomic mass is 10.1. The minimum absolute atomic E-state index is 0.0186. The molecule has 0 unspecified atom stereocenters. The van der Waals surface area contributed by atoms with E-state index in [-0.39, 0.29) is 11.9 Å². The van der Waals surface area contributed by atoms with Gasteiger partial charge in [0.1, 0.15) is 0 Å². The third-order valence-corrected chi connectivity index (χ3v) is 5.62. The molecule has 4 nitrogen and oxygen atoms in total. The second-order valence-electron chi connectivity index (χ2n) is 5.98. The Kier molecular flexibility index (Phi) is 6.29. The Morgan fingerprint density at radius 3 is 2.96 bits per heavy atom. The van der Waals surface area contributed by atoms with Crippen LogP contribution in [-0.2, 0) is 4.79 Å². The lowest BCUT2D eigenvalue weighted by Gasteiger charge is -2.23. The second-order valence-corrected chi connectivity index (χ2v) is 7.68. The molecule has 1 aromatic heterocycles. The molecule has 128 valence electrons. The molecule has 0 spiro atoms. The summed E-state index contributed by atoms with van der Waals surface area (Å²) < 4.78 is 0. The van der Waals surface area contributed by atoms with Crippen LogP contribution >= 0.6 is 23.1 Å². The van der Waals surface area contributed by atoms with Gasteiger partial charge in [0, 0.05) is 16.6 Å². The van der Waals surface area contributed by atoms with Crippen molar-refractivity contribution >= 4 is 34.7 Å². The maximum Gasteiger partial charge on any atom is 0.241 e. The van der Waals surface area contributed by atoms with E-state index in [2.05, 4.69) is 21.5 Å². The monoisotopic (exact) mass is 361 g/mol. The summed E-state index contributed by atoms with van der Waals surface area (Å²) in [6.07, 6.45) is 5.35. The molecular weight excluding hydrogens is 338 g/mol. The summed E-state index contributed by atoms with van der Waals surface area (Å²) in [5, 5.41) is 5.10. The van der Waals surface area contributed by atoms with E-state index in [0.717, 1.165) is 55.0 Å². The van der Waals surface area contributed by atoms with Gasteiger partial charge < -0.3 is 5.32 Å². The van der Waals surface area contributed by atoms with E-state index in [1.54, 1.807) is 11.3 Å². The van der Waals surface area contributed by atoms with Gasteiger partial charge in [-0.05, 0) is 56.5 Å². The van der Waals surface area contributed by atoms with Gasteiger partial charge in [0.05, 0.1) is 17.2 Å². The lowest BCUT2D eigenvalue weighted by Crippen LogP contribution is -2.40. The molecule has 1 aliphatic rings. The van der Waals surface area contributed by atoms with Gasteiger partial charge in [-0.25, -0.2) is 4.98 Å². The summed E-state index contributed by atoms with van der Waals surface area (Å²) in [6.45, 7) is 2.05. The van der Waals surface area contributed by atoms with Crippen LogP contribution in [-0.4, -0.2) is 46.9 Å². The zero-order valence-corrected chi connectivity index (χ0v) is 15.5. The Morgan fingerprint density at radius 1 is 1.42 bits per heavy atom. The number of aromatic nitrogens is 1. The maximum absolute atomic E-state index is 12.6. The highest BCUT2D eigenvalue weighted by Gasteiger charge is 2.30. The fourth-order valence-corrected chi connectivity index (χ4v) is 4.09. The minimum Gasteiger partial charge on any atom is -0.325 e. The average Bonchev–Trinajstić information content (AvgIpc) is 3.27. The molecule has 2 aromatic rings. The number of benzene rings is 1. The number of carbonyl (C=O) groups excluding carboxylic acids is 1. The molecule has 0 radical (unpaired) electrons. The third kappa shape index (κ3) is 4.37. The lowest BCUT2D eigenvalue weighted by molar-refractivity contribution is -0.120. The highest BCUT2D eigenvalue weighted by Crippen LogP contribution is 2.23. The Hall–Kier alpha value is -1.37. The molecule has 1 fully saturated rings. The van der Waals surface area contributed by atoms with Crippen LogP contribution in [0.2, 0.25) is 0 Å². The molecule has 0 aliphatic carbocycles. The van der Waals surface area contributed by atoms with Crippen molar-refractivity contribution in [2.24, 2.45) is 0 Å². The second kappa shape index (κ2) is 8.65. The fourth-order valence-electron chi connectivity index (χ4n) is 3.11. The Bertz CT molecular complexity index is 643. The molecule has 24 heavy (non-hydrogen) atoms. The number of nitrogens with one attached hydrogen (secondary N) is 1. The van der Waals surface area contributed by atoms with E-state index < -0.39 is 0 Å². The molecule has 1 N–H and O–H groups in total. The van der Waals surface area contributed by atoms with Crippen molar-refractivity contribution in [1.82, 2.24) is 9.88 Å².